The van der Waals surface area contributed by atoms with E-state index in [2.05, 4.69) is 4.98 Å². The van der Waals surface area contributed by atoms with E-state index in [1.165, 1.54) is 23.1 Å². The highest BCUT2D eigenvalue weighted by Crippen LogP contribution is 2.33. The topological polar surface area (TPSA) is 68.1 Å². The number of hydrogen-bond acceptors (Lipinski definition) is 6. The van der Waals surface area contributed by atoms with Crippen LogP contribution >= 0.6 is 23.1 Å². The molecule has 5 rings (SSSR count). The number of aromatic nitrogens is 3. The molecule has 4 aromatic rings. The van der Waals surface area contributed by atoms with E-state index >= 15 is 0 Å². The van der Waals surface area contributed by atoms with Crippen molar-refractivity contribution in [2.45, 2.75) is 43.8 Å². The number of carbonyl (C=O) groups excluding carboxylic acids is 1. The molecule has 0 bridgehead atoms. The lowest BCUT2D eigenvalue weighted by atomic mass is 10.2. The summed E-state index contributed by atoms with van der Waals surface area (Å²) < 4.78 is 2.90. The molecular weight excluding hydrogens is 440 g/mol. The van der Waals surface area contributed by atoms with Crippen molar-refractivity contribution in [2.24, 2.45) is 0 Å². The molecule has 1 amide bonds. The largest absolute Gasteiger partial charge is 0.288 e. The number of carbonyl (C=O) groups is 1. The fourth-order valence-corrected chi connectivity index (χ4v) is 6.30. The monoisotopic (exact) mass is 464 g/mol. The third-order valence-corrected chi connectivity index (χ3v) is 7.92. The van der Waals surface area contributed by atoms with Crippen molar-refractivity contribution in [3.8, 4) is 0 Å². The number of anilines is 1. The van der Waals surface area contributed by atoms with Crippen molar-refractivity contribution in [3.05, 3.63) is 58.9 Å². The first-order chi connectivity index (χ1) is 15.7. The Morgan fingerprint density at radius 3 is 2.56 bits per heavy atom. The van der Waals surface area contributed by atoms with Gasteiger partial charge in [-0.25, -0.2) is 9.97 Å². The Kier molecular flexibility index (Phi) is 5.97. The number of thioether (sulfide) groups is 1. The molecule has 6 nitrogen and oxygen atoms in total. The average molecular weight is 465 g/mol. The van der Waals surface area contributed by atoms with Crippen molar-refractivity contribution >= 4 is 55.3 Å². The van der Waals surface area contributed by atoms with Gasteiger partial charge in [0, 0.05) is 12.6 Å². The lowest BCUT2D eigenvalue weighted by molar-refractivity contribution is -0.116. The van der Waals surface area contributed by atoms with Gasteiger partial charge in [-0.05, 0) is 44.0 Å². The molecule has 164 valence electrons. The summed E-state index contributed by atoms with van der Waals surface area (Å²) in [5.74, 6) is 0.179. The van der Waals surface area contributed by atoms with Gasteiger partial charge >= 0.3 is 0 Å². The molecule has 1 fully saturated rings. The number of benzene rings is 2. The minimum atomic E-state index is -0.0306. The average Bonchev–Trinajstić information content (AvgIpc) is 3.48. The molecule has 1 aliphatic carbocycles. The minimum absolute atomic E-state index is 0.00373. The van der Waals surface area contributed by atoms with Gasteiger partial charge in [-0.15, -0.1) is 0 Å². The molecule has 0 aliphatic heterocycles. The summed E-state index contributed by atoms with van der Waals surface area (Å²) in [4.78, 5) is 37.6. The molecule has 0 radical (unpaired) electrons. The van der Waals surface area contributed by atoms with E-state index in [-0.39, 0.29) is 23.3 Å². The molecule has 8 heteroatoms. The Hall–Kier alpha value is -2.71. The highest BCUT2D eigenvalue weighted by atomic mass is 32.2. The van der Waals surface area contributed by atoms with E-state index in [4.69, 9.17) is 4.98 Å². The van der Waals surface area contributed by atoms with Crippen LogP contribution in [0.2, 0.25) is 0 Å². The highest BCUT2D eigenvalue weighted by molar-refractivity contribution is 7.99. The molecule has 32 heavy (non-hydrogen) atoms. The molecular formula is C24H24N4O2S2. The van der Waals surface area contributed by atoms with Crippen molar-refractivity contribution in [2.75, 3.05) is 17.2 Å². The molecule has 2 aromatic heterocycles. The first kappa shape index (κ1) is 21.2. The summed E-state index contributed by atoms with van der Waals surface area (Å²) in [7, 11) is 0. The molecule has 2 heterocycles. The van der Waals surface area contributed by atoms with Crippen molar-refractivity contribution < 1.29 is 4.79 Å². The molecule has 0 spiro atoms. The van der Waals surface area contributed by atoms with Gasteiger partial charge in [0.05, 0.1) is 26.9 Å². The third-order valence-electron chi connectivity index (χ3n) is 5.92. The SMILES string of the molecule is CCN(C(=O)CSc1nc2ccccc2c(=O)n1C1CCCC1)c1nc2ccccc2s1. The van der Waals surface area contributed by atoms with Gasteiger partial charge in [-0.1, -0.05) is 60.2 Å². The smallest absolute Gasteiger partial charge is 0.262 e. The van der Waals surface area contributed by atoms with Crippen LogP contribution in [0.5, 0.6) is 0 Å². The Morgan fingerprint density at radius 2 is 1.81 bits per heavy atom. The summed E-state index contributed by atoms with van der Waals surface area (Å²) in [5, 5.41) is 1.98. The zero-order valence-corrected chi connectivity index (χ0v) is 19.5. The standard InChI is InChI=1S/C24H24N4O2S2/c1-2-27(23-26-19-13-7-8-14-20(19)32-23)21(29)15-31-24-25-18-12-6-5-11-17(18)22(30)28(24)16-9-3-4-10-16/h5-8,11-14,16H,2-4,9-10,15H2,1H3. The zero-order valence-electron chi connectivity index (χ0n) is 17.9. The van der Waals surface area contributed by atoms with Gasteiger partial charge in [0.2, 0.25) is 5.91 Å². The first-order valence-corrected chi connectivity index (χ1v) is 12.8. The Morgan fingerprint density at radius 1 is 1.09 bits per heavy atom. The number of fused-ring (bicyclic) bond motifs is 2. The maximum atomic E-state index is 13.3. The van der Waals surface area contributed by atoms with Crippen LogP contribution in [0.4, 0.5) is 5.13 Å². The molecule has 0 atom stereocenters. The van der Waals surface area contributed by atoms with Crippen LogP contribution in [0.25, 0.3) is 21.1 Å². The van der Waals surface area contributed by atoms with Crippen molar-refractivity contribution in [1.82, 2.24) is 14.5 Å². The fraction of sp³-hybridized carbons (Fsp3) is 0.333. The predicted octanol–water partition coefficient (Wildman–Crippen LogP) is 5.27. The molecule has 0 saturated heterocycles. The summed E-state index contributed by atoms with van der Waals surface area (Å²) in [6, 6.07) is 15.5. The van der Waals surface area contributed by atoms with E-state index in [0.29, 0.717) is 27.7 Å². The fourth-order valence-electron chi connectivity index (χ4n) is 4.31. The Balaban J connectivity index is 1.44. The van der Waals surface area contributed by atoms with Gasteiger partial charge in [0.15, 0.2) is 10.3 Å². The highest BCUT2D eigenvalue weighted by Gasteiger charge is 2.25. The maximum absolute atomic E-state index is 13.3. The third kappa shape index (κ3) is 3.93. The predicted molar refractivity (Wildman–Crippen MR) is 132 cm³/mol. The van der Waals surface area contributed by atoms with E-state index in [9.17, 15) is 9.59 Å². The first-order valence-electron chi connectivity index (χ1n) is 11.0. The van der Waals surface area contributed by atoms with Gasteiger partial charge < -0.3 is 0 Å². The minimum Gasteiger partial charge on any atom is -0.288 e. The van der Waals surface area contributed by atoms with Crippen LogP contribution in [-0.4, -0.2) is 32.7 Å². The van der Waals surface area contributed by atoms with Crippen molar-refractivity contribution in [1.29, 1.82) is 0 Å². The summed E-state index contributed by atoms with van der Waals surface area (Å²) in [6.07, 6.45) is 4.20. The van der Waals surface area contributed by atoms with Crippen LogP contribution in [0, 0.1) is 0 Å². The Bertz CT molecular complexity index is 1310. The number of amides is 1. The molecule has 0 N–H and O–H groups in total. The number of thiazole rings is 1. The number of rotatable bonds is 6. The van der Waals surface area contributed by atoms with Crippen LogP contribution < -0.4 is 10.5 Å². The number of para-hydroxylation sites is 2. The lowest BCUT2D eigenvalue weighted by Gasteiger charge is -2.20. The van der Waals surface area contributed by atoms with Crippen LogP contribution in [0.15, 0.2) is 58.5 Å². The Labute approximate surface area is 194 Å². The van der Waals surface area contributed by atoms with Gasteiger partial charge in [-0.3, -0.25) is 19.1 Å². The van der Waals surface area contributed by atoms with Crippen molar-refractivity contribution in [3.63, 3.8) is 0 Å². The maximum Gasteiger partial charge on any atom is 0.262 e. The van der Waals surface area contributed by atoms with Gasteiger partial charge in [-0.2, -0.15) is 0 Å². The molecule has 0 unspecified atom stereocenters. The van der Waals surface area contributed by atoms with Crippen LogP contribution in [0.1, 0.15) is 38.6 Å². The molecule has 1 saturated carbocycles. The lowest BCUT2D eigenvalue weighted by Crippen LogP contribution is -2.32. The van der Waals surface area contributed by atoms with E-state index in [1.807, 2.05) is 60.0 Å². The van der Waals surface area contributed by atoms with E-state index < -0.39 is 0 Å². The number of hydrogen-bond donors (Lipinski definition) is 0. The van der Waals surface area contributed by atoms with Gasteiger partial charge in [0.25, 0.3) is 5.56 Å². The normalized spacial score (nSPS) is 14.4. The van der Waals surface area contributed by atoms with E-state index in [1.54, 1.807) is 4.90 Å². The second-order valence-electron chi connectivity index (χ2n) is 7.92. The summed E-state index contributed by atoms with van der Waals surface area (Å²) >= 11 is 2.88. The van der Waals surface area contributed by atoms with Gasteiger partial charge in [0.1, 0.15) is 0 Å². The zero-order chi connectivity index (χ0) is 22.1. The quantitative estimate of drug-likeness (QED) is 0.287. The molecule has 2 aromatic carbocycles. The van der Waals surface area contributed by atoms with Crippen LogP contribution in [-0.2, 0) is 4.79 Å². The second kappa shape index (κ2) is 9.03. The second-order valence-corrected chi connectivity index (χ2v) is 9.87. The summed E-state index contributed by atoms with van der Waals surface area (Å²) in [6.45, 7) is 2.50. The van der Waals surface area contributed by atoms with E-state index in [0.717, 1.165) is 35.9 Å². The number of nitrogens with zero attached hydrogens (tertiary/aromatic N) is 4. The summed E-state index contributed by atoms with van der Waals surface area (Å²) in [5.41, 5.74) is 1.58. The van der Waals surface area contributed by atoms with Crippen LogP contribution in [0.3, 0.4) is 0 Å². The molecule has 1 aliphatic rings.